The summed E-state index contributed by atoms with van der Waals surface area (Å²) in [4.78, 5) is 14.3. The number of ether oxygens (including phenoxy) is 3. The molecule has 1 aliphatic rings. The molecular formula is C29H35ClN2O4. The predicted octanol–water partition coefficient (Wildman–Crippen LogP) is 5.34. The predicted molar refractivity (Wildman–Crippen MR) is 143 cm³/mol. The van der Waals surface area contributed by atoms with E-state index in [9.17, 15) is 4.79 Å². The third-order valence-corrected chi connectivity index (χ3v) is 7.01. The highest BCUT2D eigenvalue weighted by Crippen LogP contribution is 2.29. The monoisotopic (exact) mass is 510 g/mol. The van der Waals surface area contributed by atoms with E-state index in [1.54, 1.807) is 17.7 Å². The summed E-state index contributed by atoms with van der Waals surface area (Å²) >= 11 is 6.07. The van der Waals surface area contributed by atoms with Gasteiger partial charge in [0.1, 0.15) is 23.7 Å². The van der Waals surface area contributed by atoms with Gasteiger partial charge >= 0.3 is 0 Å². The van der Waals surface area contributed by atoms with Crippen LogP contribution in [0.15, 0.2) is 71.7 Å². The summed E-state index contributed by atoms with van der Waals surface area (Å²) in [5, 5.41) is 0.671. The Morgan fingerprint density at radius 3 is 2.47 bits per heavy atom. The van der Waals surface area contributed by atoms with Crippen molar-refractivity contribution in [3.63, 3.8) is 0 Å². The summed E-state index contributed by atoms with van der Waals surface area (Å²) in [6.45, 7) is 6.52. The largest absolute Gasteiger partial charge is 0.494 e. The zero-order valence-corrected chi connectivity index (χ0v) is 21.9. The number of pyridine rings is 1. The van der Waals surface area contributed by atoms with Gasteiger partial charge in [0.05, 0.1) is 6.61 Å². The molecule has 0 unspecified atom stereocenters. The lowest BCUT2D eigenvalue weighted by molar-refractivity contribution is -0.0839. The second-order valence-electron chi connectivity index (χ2n) is 9.49. The summed E-state index contributed by atoms with van der Waals surface area (Å²) in [5.41, 5.74) is 2.09. The fourth-order valence-electron chi connectivity index (χ4n) is 4.50. The number of aromatic nitrogens is 1. The normalized spacial score (nSPS) is 15.5. The highest BCUT2D eigenvalue weighted by Gasteiger charge is 2.35. The molecule has 1 aliphatic heterocycles. The fraction of sp³-hybridized carbons (Fsp3) is 0.414. The quantitative estimate of drug-likeness (QED) is 0.326. The van der Waals surface area contributed by atoms with Crippen molar-refractivity contribution >= 4 is 11.6 Å². The smallest absolute Gasteiger partial charge is 0.250 e. The van der Waals surface area contributed by atoms with Crippen molar-refractivity contribution in [1.82, 2.24) is 9.47 Å². The molecule has 4 rings (SSSR count). The first-order chi connectivity index (χ1) is 17.4. The minimum absolute atomic E-state index is 0.0269. The number of likely N-dealkylation sites (tertiary alicyclic amines) is 1. The lowest BCUT2D eigenvalue weighted by atomic mass is 9.91. The van der Waals surface area contributed by atoms with Crippen molar-refractivity contribution in [1.29, 1.82) is 0 Å². The van der Waals surface area contributed by atoms with Crippen molar-refractivity contribution in [2.75, 3.05) is 33.4 Å². The molecule has 7 heteroatoms. The summed E-state index contributed by atoms with van der Waals surface area (Å²) in [7, 11) is 1.77. The minimum Gasteiger partial charge on any atom is -0.494 e. The molecule has 192 valence electrons. The Hall–Kier alpha value is -2.80. The van der Waals surface area contributed by atoms with Crippen molar-refractivity contribution in [2.45, 2.75) is 44.9 Å². The lowest BCUT2D eigenvalue weighted by Gasteiger charge is -2.40. The number of piperidine rings is 1. The van der Waals surface area contributed by atoms with Gasteiger partial charge in [-0.2, -0.15) is 0 Å². The van der Waals surface area contributed by atoms with Gasteiger partial charge in [-0.05, 0) is 67.6 Å². The second kappa shape index (κ2) is 12.4. The van der Waals surface area contributed by atoms with Gasteiger partial charge in [-0.25, -0.2) is 0 Å². The van der Waals surface area contributed by atoms with Crippen LogP contribution in [-0.2, 0) is 17.8 Å². The molecule has 0 radical (unpaired) electrons. The molecule has 0 aliphatic carbocycles. The Morgan fingerprint density at radius 1 is 0.972 bits per heavy atom. The van der Waals surface area contributed by atoms with E-state index in [0.29, 0.717) is 24.8 Å². The highest BCUT2D eigenvalue weighted by atomic mass is 35.5. The van der Waals surface area contributed by atoms with E-state index in [4.69, 9.17) is 25.8 Å². The lowest BCUT2D eigenvalue weighted by Crippen LogP contribution is -2.48. The molecule has 2 aromatic carbocycles. The van der Waals surface area contributed by atoms with Crippen LogP contribution in [0.4, 0.5) is 0 Å². The van der Waals surface area contributed by atoms with Crippen LogP contribution in [0, 0.1) is 6.92 Å². The van der Waals surface area contributed by atoms with Gasteiger partial charge in [0.25, 0.3) is 5.56 Å². The molecule has 0 saturated carbocycles. The van der Waals surface area contributed by atoms with E-state index in [-0.39, 0.29) is 11.2 Å². The van der Waals surface area contributed by atoms with E-state index < -0.39 is 0 Å². The first-order valence-corrected chi connectivity index (χ1v) is 12.9. The topological polar surface area (TPSA) is 52.9 Å². The molecule has 0 amide bonds. The maximum atomic E-state index is 11.9. The van der Waals surface area contributed by atoms with Crippen molar-refractivity contribution in [3.8, 4) is 11.5 Å². The number of benzene rings is 2. The number of nitrogens with zero attached hydrogens (tertiary/aromatic N) is 2. The molecule has 6 nitrogen and oxygen atoms in total. The van der Waals surface area contributed by atoms with Crippen molar-refractivity contribution in [3.05, 3.63) is 93.4 Å². The van der Waals surface area contributed by atoms with Crippen LogP contribution in [0.1, 0.15) is 30.4 Å². The number of halogens is 1. The van der Waals surface area contributed by atoms with Crippen molar-refractivity contribution in [2.24, 2.45) is 0 Å². The van der Waals surface area contributed by atoms with Crippen LogP contribution < -0.4 is 15.0 Å². The van der Waals surface area contributed by atoms with E-state index in [1.165, 1.54) is 5.56 Å². The van der Waals surface area contributed by atoms with E-state index in [0.717, 1.165) is 56.0 Å². The first-order valence-electron chi connectivity index (χ1n) is 12.5. The standard InChI is InChI=1S/C29H35ClN2O4/c1-23-7-12-28(33)32(20-23)15-4-18-35-26-10-8-24(9-11-26)21-31-16-13-29(34-2,14-17-31)22-36-27-6-3-5-25(30)19-27/h3,5-12,19-20H,4,13-18,21-22H2,1-2H3. The van der Waals surface area contributed by atoms with E-state index in [2.05, 4.69) is 17.0 Å². The zero-order chi connectivity index (χ0) is 25.4. The Labute approximate surface area is 218 Å². The number of hydrogen-bond donors (Lipinski definition) is 0. The minimum atomic E-state index is -0.278. The van der Waals surface area contributed by atoms with Gasteiger partial charge in [0, 0.05) is 50.6 Å². The molecule has 0 N–H and O–H groups in total. The highest BCUT2D eigenvalue weighted by molar-refractivity contribution is 6.30. The molecule has 3 aromatic rings. The van der Waals surface area contributed by atoms with Crippen LogP contribution in [0.25, 0.3) is 0 Å². The molecule has 1 aromatic heterocycles. The van der Waals surface area contributed by atoms with Gasteiger partial charge in [-0.3, -0.25) is 9.69 Å². The molecule has 36 heavy (non-hydrogen) atoms. The van der Waals surface area contributed by atoms with Gasteiger partial charge in [-0.15, -0.1) is 0 Å². The van der Waals surface area contributed by atoms with Gasteiger partial charge in [-0.1, -0.05) is 35.9 Å². The number of methoxy groups -OCH3 is 1. The van der Waals surface area contributed by atoms with Crippen LogP contribution in [0.2, 0.25) is 5.02 Å². The molecule has 1 saturated heterocycles. The Morgan fingerprint density at radius 2 is 1.75 bits per heavy atom. The average Bonchev–Trinajstić information content (AvgIpc) is 2.89. The zero-order valence-electron chi connectivity index (χ0n) is 21.1. The first kappa shape index (κ1) is 26.3. The molecule has 0 atom stereocenters. The maximum absolute atomic E-state index is 11.9. The number of aryl methyl sites for hydroxylation is 2. The molecule has 0 spiro atoms. The Kier molecular flexibility index (Phi) is 9.08. The van der Waals surface area contributed by atoms with Crippen LogP contribution in [0.3, 0.4) is 0 Å². The molecule has 0 bridgehead atoms. The fourth-order valence-corrected chi connectivity index (χ4v) is 4.68. The summed E-state index contributed by atoms with van der Waals surface area (Å²) in [5.74, 6) is 1.62. The number of rotatable bonds is 11. The van der Waals surface area contributed by atoms with E-state index in [1.807, 2.05) is 55.6 Å². The summed E-state index contributed by atoms with van der Waals surface area (Å²) in [6.07, 6.45) is 4.49. The summed E-state index contributed by atoms with van der Waals surface area (Å²) < 4.78 is 19.5. The van der Waals surface area contributed by atoms with Gasteiger partial charge in [0.15, 0.2) is 0 Å². The van der Waals surface area contributed by atoms with E-state index >= 15 is 0 Å². The second-order valence-corrected chi connectivity index (χ2v) is 9.93. The third-order valence-electron chi connectivity index (χ3n) is 6.77. The van der Waals surface area contributed by atoms with Gasteiger partial charge in [0.2, 0.25) is 0 Å². The molecule has 2 heterocycles. The van der Waals surface area contributed by atoms with Gasteiger partial charge < -0.3 is 18.8 Å². The SMILES string of the molecule is COC1(COc2cccc(Cl)c2)CCN(Cc2ccc(OCCCn3cc(C)ccc3=O)cc2)CC1. The maximum Gasteiger partial charge on any atom is 0.250 e. The Balaban J connectivity index is 1.19. The average molecular weight is 511 g/mol. The van der Waals surface area contributed by atoms with Crippen LogP contribution in [0.5, 0.6) is 11.5 Å². The Bertz CT molecular complexity index is 1170. The van der Waals surface area contributed by atoms with Crippen molar-refractivity contribution < 1.29 is 14.2 Å². The summed E-state index contributed by atoms with van der Waals surface area (Å²) in [6, 6.07) is 19.2. The molecule has 1 fully saturated rings. The third kappa shape index (κ3) is 7.36. The van der Waals surface area contributed by atoms with Crippen LogP contribution in [-0.4, -0.2) is 48.5 Å². The van der Waals surface area contributed by atoms with Crippen LogP contribution >= 0.6 is 11.6 Å². The number of hydrogen-bond acceptors (Lipinski definition) is 5. The molecular weight excluding hydrogens is 476 g/mol.